The van der Waals surface area contributed by atoms with Crippen molar-refractivity contribution in [1.29, 1.82) is 0 Å². The molecule has 0 spiro atoms. The van der Waals surface area contributed by atoms with Gasteiger partial charge in [0.15, 0.2) is 0 Å². The highest BCUT2D eigenvalue weighted by atomic mass is 16.6. The van der Waals surface area contributed by atoms with Crippen molar-refractivity contribution >= 4 is 23.2 Å². The third kappa shape index (κ3) is 2.85. The summed E-state index contributed by atoms with van der Waals surface area (Å²) < 4.78 is 0. The highest BCUT2D eigenvalue weighted by Gasteiger charge is 2.26. The van der Waals surface area contributed by atoms with Crippen LogP contribution in [0.25, 0.3) is 0 Å². The number of nitrogens with one attached hydrogen (secondary N) is 1. The molecule has 0 radical (unpaired) electrons. The first-order valence-corrected chi connectivity index (χ1v) is 6.09. The van der Waals surface area contributed by atoms with Crippen molar-refractivity contribution in [3.05, 3.63) is 33.9 Å². The van der Waals surface area contributed by atoms with Crippen LogP contribution in [0.5, 0.6) is 0 Å². The van der Waals surface area contributed by atoms with Crippen molar-refractivity contribution < 1.29 is 14.5 Å². The number of hydrogen-bond donors (Lipinski definition) is 2. The minimum atomic E-state index is -0.617. The van der Waals surface area contributed by atoms with E-state index >= 15 is 0 Å². The largest absolute Gasteiger partial charge is 0.399 e. The van der Waals surface area contributed by atoms with Crippen LogP contribution in [0.3, 0.4) is 0 Å². The summed E-state index contributed by atoms with van der Waals surface area (Å²) in [6.45, 7) is 0.883. The molecule has 106 valence electrons. The second-order valence-electron chi connectivity index (χ2n) is 4.43. The topological polar surface area (TPSA) is 119 Å². The summed E-state index contributed by atoms with van der Waals surface area (Å²) in [6, 6.07) is 3.88. The van der Waals surface area contributed by atoms with Crippen LogP contribution in [0.4, 0.5) is 11.4 Å². The molecule has 20 heavy (non-hydrogen) atoms. The van der Waals surface area contributed by atoms with Crippen LogP contribution in [-0.4, -0.2) is 41.3 Å². The molecule has 0 atom stereocenters. The van der Waals surface area contributed by atoms with Crippen LogP contribution in [0, 0.1) is 10.1 Å². The molecule has 3 N–H and O–H groups in total. The van der Waals surface area contributed by atoms with Gasteiger partial charge in [0.2, 0.25) is 5.91 Å². The van der Waals surface area contributed by atoms with E-state index in [2.05, 4.69) is 5.32 Å². The summed E-state index contributed by atoms with van der Waals surface area (Å²) in [4.78, 5) is 35.4. The standard InChI is InChI=1S/C12H14N4O4/c13-8-1-2-10(16(19)20)9(7-8)12(18)15-5-3-11(17)14-4-6-15/h1-2,7H,3-6,13H2,(H,14,17). The lowest BCUT2D eigenvalue weighted by Crippen LogP contribution is -2.34. The van der Waals surface area contributed by atoms with E-state index in [0.29, 0.717) is 13.1 Å². The predicted molar refractivity (Wildman–Crippen MR) is 71.0 cm³/mol. The summed E-state index contributed by atoms with van der Waals surface area (Å²) in [6.07, 6.45) is 0.182. The maximum atomic E-state index is 12.4. The highest BCUT2D eigenvalue weighted by Crippen LogP contribution is 2.23. The second kappa shape index (κ2) is 5.55. The molecule has 1 saturated heterocycles. The van der Waals surface area contributed by atoms with Crippen molar-refractivity contribution in [1.82, 2.24) is 10.2 Å². The number of carbonyl (C=O) groups is 2. The Kier molecular flexibility index (Phi) is 3.83. The molecule has 0 aromatic heterocycles. The third-order valence-corrected chi connectivity index (χ3v) is 3.05. The number of rotatable bonds is 2. The Morgan fingerprint density at radius 1 is 1.40 bits per heavy atom. The SMILES string of the molecule is Nc1ccc([N+](=O)[O-])c(C(=O)N2CCNC(=O)CC2)c1. The van der Waals surface area contributed by atoms with Crippen molar-refractivity contribution in [3.8, 4) is 0 Å². The van der Waals surface area contributed by atoms with Crippen molar-refractivity contribution in [2.45, 2.75) is 6.42 Å². The van der Waals surface area contributed by atoms with Crippen LogP contribution < -0.4 is 11.1 Å². The summed E-state index contributed by atoms with van der Waals surface area (Å²) in [5.74, 6) is -0.622. The monoisotopic (exact) mass is 278 g/mol. The average molecular weight is 278 g/mol. The van der Waals surface area contributed by atoms with Gasteiger partial charge in [-0.25, -0.2) is 0 Å². The molecule has 0 aliphatic carbocycles. The number of nitrogen functional groups attached to an aromatic ring is 1. The lowest BCUT2D eigenvalue weighted by Gasteiger charge is -2.19. The zero-order valence-corrected chi connectivity index (χ0v) is 10.7. The van der Waals surface area contributed by atoms with Crippen LogP contribution >= 0.6 is 0 Å². The molecule has 0 saturated carbocycles. The van der Waals surface area contributed by atoms with Gasteiger partial charge in [0, 0.05) is 37.8 Å². The molecular formula is C12H14N4O4. The maximum absolute atomic E-state index is 12.4. The Labute approximate surface area is 114 Å². The number of benzene rings is 1. The maximum Gasteiger partial charge on any atom is 0.282 e. The Morgan fingerprint density at radius 2 is 2.15 bits per heavy atom. The molecule has 1 aromatic carbocycles. The highest BCUT2D eigenvalue weighted by molar-refractivity contribution is 5.99. The van der Waals surface area contributed by atoms with E-state index in [1.165, 1.54) is 23.1 Å². The van der Waals surface area contributed by atoms with Crippen molar-refractivity contribution in [2.24, 2.45) is 0 Å². The number of hydrogen-bond acceptors (Lipinski definition) is 5. The van der Waals surface area contributed by atoms with E-state index in [1.54, 1.807) is 0 Å². The van der Waals surface area contributed by atoms with Crippen molar-refractivity contribution in [3.63, 3.8) is 0 Å². The summed E-state index contributed by atoms with van der Waals surface area (Å²) in [5, 5.41) is 13.6. The minimum absolute atomic E-state index is 0.0515. The number of nitrogens with two attached hydrogens (primary N) is 1. The van der Waals surface area contributed by atoms with Gasteiger partial charge in [-0.05, 0) is 12.1 Å². The number of nitrogens with zero attached hydrogens (tertiary/aromatic N) is 2. The van der Waals surface area contributed by atoms with E-state index in [1.807, 2.05) is 0 Å². The lowest BCUT2D eigenvalue weighted by atomic mass is 10.1. The van der Waals surface area contributed by atoms with Gasteiger partial charge >= 0.3 is 0 Å². The van der Waals surface area contributed by atoms with Gasteiger partial charge in [0.1, 0.15) is 5.56 Å². The average Bonchev–Trinajstić information content (AvgIpc) is 2.62. The molecule has 1 aliphatic heterocycles. The van der Waals surface area contributed by atoms with E-state index in [-0.39, 0.29) is 35.8 Å². The summed E-state index contributed by atoms with van der Waals surface area (Å²) in [7, 11) is 0. The zero-order valence-electron chi connectivity index (χ0n) is 10.7. The summed E-state index contributed by atoms with van der Waals surface area (Å²) >= 11 is 0. The van der Waals surface area contributed by atoms with Gasteiger partial charge < -0.3 is 16.0 Å². The molecule has 0 unspecified atom stereocenters. The first-order valence-electron chi connectivity index (χ1n) is 6.09. The Balaban J connectivity index is 2.30. The number of nitro groups is 1. The number of amides is 2. The smallest absolute Gasteiger partial charge is 0.282 e. The fourth-order valence-corrected chi connectivity index (χ4v) is 2.02. The fourth-order valence-electron chi connectivity index (χ4n) is 2.02. The summed E-state index contributed by atoms with van der Waals surface area (Å²) in [5.41, 5.74) is 5.53. The first-order chi connectivity index (χ1) is 9.49. The Bertz CT molecular complexity index is 573. The molecule has 1 fully saturated rings. The lowest BCUT2D eigenvalue weighted by molar-refractivity contribution is -0.385. The first kappa shape index (κ1) is 13.8. The molecule has 8 nitrogen and oxygen atoms in total. The normalized spacial score (nSPS) is 15.4. The minimum Gasteiger partial charge on any atom is -0.399 e. The number of carbonyl (C=O) groups excluding carboxylic acids is 2. The van der Waals surface area contributed by atoms with E-state index < -0.39 is 10.8 Å². The molecule has 0 bridgehead atoms. The van der Waals surface area contributed by atoms with E-state index in [9.17, 15) is 19.7 Å². The van der Waals surface area contributed by atoms with E-state index in [0.717, 1.165) is 0 Å². The van der Waals surface area contributed by atoms with Crippen LogP contribution in [-0.2, 0) is 4.79 Å². The van der Waals surface area contributed by atoms with Gasteiger partial charge in [0.05, 0.1) is 4.92 Å². The molecule has 1 aliphatic rings. The van der Waals surface area contributed by atoms with Crippen molar-refractivity contribution in [2.75, 3.05) is 25.4 Å². The Hall–Kier alpha value is -2.64. The number of anilines is 1. The number of nitro benzene ring substituents is 1. The quantitative estimate of drug-likeness (QED) is 0.453. The van der Waals surface area contributed by atoms with Crippen LogP contribution in [0.1, 0.15) is 16.8 Å². The third-order valence-electron chi connectivity index (χ3n) is 3.05. The predicted octanol–water partition coefficient (Wildman–Crippen LogP) is 0.139. The molecule has 1 aromatic rings. The molecule has 1 heterocycles. The second-order valence-corrected chi connectivity index (χ2v) is 4.43. The molecule has 8 heteroatoms. The zero-order chi connectivity index (χ0) is 14.7. The fraction of sp³-hybridized carbons (Fsp3) is 0.333. The molecule has 2 rings (SSSR count). The van der Waals surface area contributed by atoms with Crippen LogP contribution in [0.2, 0.25) is 0 Å². The van der Waals surface area contributed by atoms with Crippen LogP contribution in [0.15, 0.2) is 18.2 Å². The van der Waals surface area contributed by atoms with Gasteiger partial charge in [-0.15, -0.1) is 0 Å². The van der Waals surface area contributed by atoms with E-state index in [4.69, 9.17) is 5.73 Å². The van der Waals surface area contributed by atoms with Gasteiger partial charge in [-0.1, -0.05) is 0 Å². The molecular weight excluding hydrogens is 264 g/mol. The molecule has 2 amide bonds. The van der Waals surface area contributed by atoms with Gasteiger partial charge in [-0.2, -0.15) is 0 Å². The Morgan fingerprint density at radius 3 is 2.85 bits per heavy atom. The van der Waals surface area contributed by atoms with Gasteiger partial charge in [-0.3, -0.25) is 19.7 Å². The van der Waals surface area contributed by atoms with Gasteiger partial charge in [0.25, 0.3) is 11.6 Å².